The molecule has 1 unspecified atom stereocenters. The van der Waals surface area contributed by atoms with Gasteiger partial charge in [-0.05, 0) is 31.2 Å². The minimum absolute atomic E-state index is 0.419. The molecule has 3 amide bonds. The van der Waals surface area contributed by atoms with Crippen molar-refractivity contribution in [1.82, 2.24) is 5.32 Å². The number of hydrogen-bond donors (Lipinski definition) is 2. The van der Waals surface area contributed by atoms with E-state index >= 15 is 0 Å². The van der Waals surface area contributed by atoms with Crippen molar-refractivity contribution < 1.29 is 19.1 Å². The third kappa shape index (κ3) is 3.94. The molecule has 1 aromatic carbocycles. The van der Waals surface area contributed by atoms with Gasteiger partial charge in [0.1, 0.15) is 12.0 Å². The van der Waals surface area contributed by atoms with Crippen molar-refractivity contribution in [3.05, 3.63) is 29.8 Å². The van der Waals surface area contributed by atoms with Gasteiger partial charge in [-0.25, -0.2) is 4.79 Å². The third-order valence-electron chi connectivity index (χ3n) is 1.94. The SMILES string of the molecule is CC(Oc1ccc(C=O)cc1)C(=O)NC(N)=O. The molecule has 0 radical (unpaired) electrons. The van der Waals surface area contributed by atoms with Crippen LogP contribution in [-0.2, 0) is 4.79 Å². The Morgan fingerprint density at radius 2 is 1.94 bits per heavy atom. The first-order chi connectivity index (χ1) is 8.02. The van der Waals surface area contributed by atoms with Gasteiger partial charge in [-0.2, -0.15) is 0 Å². The third-order valence-corrected chi connectivity index (χ3v) is 1.94. The summed E-state index contributed by atoms with van der Waals surface area (Å²) >= 11 is 0. The largest absolute Gasteiger partial charge is 0.481 e. The van der Waals surface area contributed by atoms with Crippen molar-refractivity contribution >= 4 is 18.2 Å². The molecule has 0 aliphatic rings. The van der Waals surface area contributed by atoms with Gasteiger partial charge >= 0.3 is 6.03 Å². The molecular formula is C11H12N2O4. The number of rotatable bonds is 4. The lowest BCUT2D eigenvalue weighted by Crippen LogP contribution is -2.42. The zero-order chi connectivity index (χ0) is 12.8. The molecule has 0 fully saturated rings. The maximum absolute atomic E-state index is 11.3. The highest BCUT2D eigenvalue weighted by Gasteiger charge is 2.15. The average molecular weight is 236 g/mol. The molecule has 1 atom stereocenters. The molecule has 3 N–H and O–H groups in total. The fourth-order valence-corrected chi connectivity index (χ4v) is 1.11. The highest BCUT2D eigenvalue weighted by Crippen LogP contribution is 2.12. The van der Waals surface area contributed by atoms with Crippen molar-refractivity contribution in [2.75, 3.05) is 0 Å². The van der Waals surface area contributed by atoms with Crippen molar-refractivity contribution in [2.45, 2.75) is 13.0 Å². The minimum Gasteiger partial charge on any atom is -0.481 e. The summed E-state index contributed by atoms with van der Waals surface area (Å²) in [5.74, 6) is -0.209. The first-order valence-corrected chi connectivity index (χ1v) is 4.85. The van der Waals surface area contributed by atoms with Gasteiger partial charge in [0.25, 0.3) is 5.91 Å². The number of urea groups is 1. The van der Waals surface area contributed by atoms with Crippen LogP contribution in [0.1, 0.15) is 17.3 Å². The number of ether oxygens (including phenoxy) is 1. The van der Waals surface area contributed by atoms with Crippen molar-refractivity contribution in [2.24, 2.45) is 5.73 Å². The Morgan fingerprint density at radius 1 is 1.35 bits per heavy atom. The smallest absolute Gasteiger partial charge is 0.318 e. The molecule has 17 heavy (non-hydrogen) atoms. The maximum atomic E-state index is 11.3. The van der Waals surface area contributed by atoms with Crippen LogP contribution in [0.3, 0.4) is 0 Å². The standard InChI is InChI=1S/C11H12N2O4/c1-7(10(15)13-11(12)16)17-9-4-2-8(6-14)3-5-9/h2-7H,1H3,(H3,12,13,15,16). The van der Waals surface area contributed by atoms with E-state index in [0.717, 1.165) is 0 Å². The number of benzene rings is 1. The van der Waals surface area contributed by atoms with Crippen LogP contribution in [0.2, 0.25) is 0 Å². The van der Waals surface area contributed by atoms with Gasteiger partial charge in [0, 0.05) is 5.56 Å². The van der Waals surface area contributed by atoms with Gasteiger partial charge in [0.05, 0.1) is 0 Å². The van der Waals surface area contributed by atoms with Gasteiger partial charge in [0.15, 0.2) is 6.10 Å². The molecule has 6 nitrogen and oxygen atoms in total. The van der Waals surface area contributed by atoms with Gasteiger partial charge in [-0.3, -0.25) is 14.9 Å². The summed E-state index contributed by atoms with van der Waals surface area (Å²) in [5.41, 5.74) is 5.30. The zero-order valence-electron chi connectivity index (χ0n) is 9.17. The van der Waals surface area contributed by atoms with Gasteiger partial charge < -0.3 is 10.5 Å². The summed E-state index contributed by atoms with van der Waals surface area (Å²) in [6.07, 6.45) is -0.155. The quantitative estimate of drug-likeness (QED) is 0.742. The van der Waals surface area contributed by atoms with Gasteiger partial charge in [-0.15, -0.1) is 0 Å². The van der Waals surface area contributed by atoms with Crippen LogP contribution in [0, 0.1) is 0 Å². The Kier molecular flexibility index (Phi) is 4.21. The summed E-state index contributed by atoms with van der Waals surface area (Å²) in [6, 6.07) is 5.29. The molecule has 0 spiro atoms. The Hall–Kier alpha value is -2.37. The van der Waals surface area contributed by atoms with Crippen LogP contribution >= 0.6 is 0 Å². The highest BCUT2D eigenvalue weighted by atomic mass is 16.5. The summed E-state index contributed by atoms with van der Waals surface area (Å²) < 4.78 is 5.24. The Morgan fingerprint density at radius 3 is 2.41 bits per heavy atom. The number of aldehydes is 1. The van der Waals surface area contributed by atoms with Gasteiger partial charge in [0.2, 0.25) is 0 Å². The zero-order valence-corrected chi connectivity index (χ0v) is 9.17. The molecule has 0 aliphatic heterocycles. The van der Waals surface area contributed by atoms with E-state index in [0.29, 0.717) is 17.6 Å². The van der Waals surface area contributed by atoms with Crippen LogP contribution in [0.4, 0.5) is 4.79 Å². The lowest BCUT2D eigenvalue weighted by Gasteiger charge is -2.13. The molecule has 0 saturated heterocycles. The van der Waals surface area contributed by atoms with Crippen molar-refractivity contribution in [1.29, 1.82) is 0 Å². The lowest BCUT2D eigenvalue weighted by atomic mass is 10.2. The summed E-state index contributed by atoms with van der Waals surface area (Å²) in [6.45, 7) is 1.48. The van der Waals surface area contributed by atoms with Crippen molar-refractivity contribution in [3.8, 4) is 5.75 Å². The number of hydrogen-bond acceptors (Lipinski definition) is 4. The number of nitrogens with two attached hydrogens (primary N) is 1. The van der Waals surface area contributed by atoms with Crippen molar-refractivity contribution in [3.63, 3.8) is 0 Å². The number of amides is 3. The van der Waals surface area contributed by atoms with E-state index in [-0.39, 0.29) is 0 Å². The molecule has 6 heteroatoms. The van der Waals surface area contributed by atoms with E-state index in [2.05, 4.69) is 0 Å². The van der Waals surface area contributed by atoms with Crippen LogP contribution in [0.15, 0.2) is 24.3 Å². The van der Waals surface area contributed by atoms with E-state index in [9.17, 15) is 14.4 Å². The van der Waals surface area contributed by atoms with E-state index in [1.807, 2.05) is 5.32 Å². The molecule has 0 heterocycles. The minimum atomic E-state index is -0.929. The first kappa shape index (κ1) is 12.7. The summed E-state index contributed by atoms with van der Waals surface area (Å²) in [5, 5.41) is 1.90. The normalized spacial score (nSPS) is 11.4. The first-order valence-electron chi connectivity index (χ1n) is 4.85. The molecule has 90 valence electrons. The Labute approximate surface area is 97.7 Å². The monoisotopic (exact) mass is 236 g/mol. The fourth-order valence-electron chi connectivity index (χ4n) is 1.11. The predicted molar refractivity (Wildman–Crippen MR) is 59.6 cm³/mol. The van der Waals surface area contributed by atoms with E-state index in [1.54, 1.807) is 24.3 Å². The number of carbonyl (C=O) groups excluding carboxylic acids is 3. The molecular weight excluding hydrogens is 224 g/mol. The van der Waals surface area contributed by atoms with Crippen LogP contribution in [0.5, 0.6) is 5.75 Å². The van der Waals surface area contributed by atoms with E-state index < -0.39 is 18.0 Å². The molecule has 0 aliphatic carbocycles. The molecule has 1 aromatic rings. The summed E-state index contributed by atoms with van der Waals surface area (Å²) in [4.78, 5) is 32.1. The Balaban J connectivity index is 2.60. The second kappa shape index (κ2) is 5.64. The highest BCUT2D eigenvalue weighted by molar-refractivity contribution is 5.95. The van der Waals surface area contributed by atoms with E-state index in [4.69, 9.17) is 10.5 Å². The fraction of sp³-hybridized carbons (Fsp3) is 0.182. The molecule has 0 bridgehead atoms. The number of primary amides is 1. The van der Waals surface area contributed by atoms with Crippen LogP contribution < -0.4 is 15.8 Å². The number of carbonyl (C=O) groups is 3. The predicted octanol–water partition coefficient (Wildman–Crippen LogP) is 0.461. The number of nitrogens with one attached hydrogen (secondary N) is 1. The maximum Gasteiger partial charge on any atom is 0.318 e. The molecule has 0 aromatic heterocycles. The molecule has 1 rings (SSSR count). The van der Waals surface area contributed by atoms with Crippen LogP contribution in [-0.4, -0.2) is 24.3 Å². The second-order valence-corrected chi connectivity index (χ2v) is 3.30. The average Bonchev–Trinajstić information content (AvgIpc) is 2.29. The lowest BCUT2D eigenvalue weighted by molar-refractivity contribution is -0.126. The van der Waals surface area contributed by atoms with E-state index in [1.165, 1.54) is 6.92 Å². The molecule has 0 saturated carbocycles. The second-order valence-electron chi connectivity index (χ2n) is 3.30. The van der Waals surface area contributed by atoms with Gasteiger partial charge in [-0.1, -0.05) is 0 Å². The Bertz CT molecular complexity index is 428. The number of imide groups is 1. The summed E-state index contributed by atoms with van der Waals surface area (Å²) in [7, 11) is 0. The topological polar surface area (TPSA) is 98.5 Å². The van der Waals surface area contributed by atoms with Crippen LogP contribution in [0.25, 0.3) is 0 Å².